The molecule has 0 aliphatic carbocycles. The Morgan fingerprint density at radius 3 is 2.31 bits per heavy atom. The molecule has 1 heterocycles. The zero-order valence-corrected chi connectivity index (χ0v) is 20.5. The maximum Gasteiger partial charge on any atom is 0.308 e. The molecule has 0 unspecified atom stereocenters. The molecule has 174 valence electrons. The van der Waals surface area contributed by atoms with E-state index in [4.69, 9.17) is 4.74 Å². The van der Waals surface area contributed by atoms with Crippen LogP contribution in [0.2, 0.25) is 0 Å². The van der Waals surface area contributed by atoms with E-state index in [-0.39, 0.29) is 32.1 Å². The van der Waals surface area contributed by atoms with E-state index in [9.17, 15) is 21.6 Å². The van der Waals surface area contributed by atoms with Crippen LogP contribution in [0.5, 0.6) is 5.75 Å². The number of nitrogens with zero attached hydrogens (tertiary/aromatic N) is 1. The smallest absolute Gasteiger partial charge is 0.308 e. The van der Waals surface area contributed by atoms with Gasteiger partial charge in [-0.05, 0) is 56.7 Å². The third-order valence-electron chi connectivity index (χ3n) is 4.51. The average Bonchev–Trinajstić information content (AvgIpc) is 3.01. The average molecular weight is 500 g/mol. The summed E-state index contributed by atoms with van der Waals surface area (Å²) >= 11 is 0.977. The summed E-state index contributed by atoms with van der Waals surface area (Å²) in [6.07, 6.45) is 0.776. The second-order valence-electron chi connectivity index (χ2n) is 7.39. The summed E-state index contributed by atoms with van der Waals surface area (Å²) in [6.45, 7) is 5.87. The Kier molecular flexibility index (Phi) is 6.98. The van der Waals surface area contributed by atoms with Crippen molar-refractivity contribution >= 4 is 47.3 Å². The predicted octanol–water partition coefficient (Wildman–Crippen LogP) is 2.97. The van der Waals surface area contributed by atoms with Gasteiger partial charge >= 0.3 is 4.87 Å². The molecule has 9 nitrogen and oxygen atoms in total. The fraction of sp³-hybridized carbons (Fsp3) is 0.350. The van der Waals surface area contributed by atoms with Crippen LogP contribution in [-0.4, -0.2) is 34.6 Å². The monoisotopic (exact) mass is 499 g/mol. The molecule has 0 fully saturated rings. The third kappa shape index (κ3) is 4.98. The maximum absolute atomic E-state index is 13.1. The maximum atomic E-state index is 13.1. The highest BCUT2D eigenvalue weighted by atomic mass is 32.2. The van der Waals surface area contributed by atoms with E-state index < -0.39 is 20.0 Å². The molecule has 2 aromatic carbocycles. The van der Waals surface area contributed by atoms with E-state index in [0.717, 1.165) is 17.8 Å². The topological polar surface area (TPSA) is 124 Å². The molecule has 0 spiro atoms. The number of benzene rings is 2. The molecule has 0 saturated heterocycles. The molecule has 0 aliphatic heterocycles. The number of fused-ring (bicyclic) bond motifs is 1. The number of thiazole rings is 1. The van der Waals surface area contributed by atoms with Crippen LogP contribution in [0, 0.1) is 0 Å². The van der Waals surface area contributed by atoms with E-state index in [1.165, 1.54) is 37.4 Å². The first-order valence-corrected chi connectivity index (χ1v) is 13.6. The van der Waals surface area contributed by atoms with Crippen LogP contribution in [0.15, 0.2) is 51.0 Å². The second kappa shape index (κ2) is 9.22. The van der Waals surface area contributed by atoms with Crippen LogP contribution >= 0.6 is 11.3 Å². The first-order valence-electron chi connectivity index (χ1n) is 9.85. The van der Waals surface area contributed by atoms with Crippen LogP contribution in [0.3, 0.4) is 0 Å². The number of anilines is 1. The van der Waals surface area contributed by atoms with E-state index in [1.54, 1.807) is 24.5 Å². The highest BCUT2D eigenvalue weighted by Crippen LogP contribution is 2.31. The molecular formula is C20H25N3O6S3. The Bertz CT molecular complexity index is 1410. The number of sulfonamides is 2. The molecule has 0 atom stereocenters. The summed E-state index contributed by atoms with van der Waals surface area (Å²) in [5.74, 6) is 0.164. The van der Waals surface area contributed by atoms with Gasteiger partial charge in [0.25, 0.3) is 10.0 Å². The van der Waals surface area contributed by atoms with E-state index in [1.807, 2.05) is 6.92 Å². The molecular weight excluding hydrogens is 474 g/mol. The van der Waals surface area contributed by atoms with Gasteiger partial charge in [-0.1, -0.05) is 18.3 Å². The van der Waals surface area contributed by atoms with Crippen LogP contribution < -0.4 is 19.1 Å². The number of aromatic nitrogens is 1. The van der Waals surface area contributed by atoms with Crippen molar-refractivity contribution in [3.63, 3.8) is 0 Å². The van der Waals surface area contributed by atoms with Gasteiger partial charge in [0.15, 0.2) is 0 Å². The molecule has 0 bridgehead atoms. The largest absolute Gasteiger partial charge is 0.495 e. The number of nitrogens with one attached hydrogen (secondary N) is 2. The number of aryl methyl sites for hydroxylation is 1. The van der Waals surface area contributed by atoms with Gasteiger partial charge in [0.1, 0.15) is 5.75 Å². The fourth-order valence-corrected chi connectivity index (χ4v) is 6.56. The van der Waals surface area contributed by atoms with Crippen molar-refractivity contribution in [1.29, 1.82) is 0 Å². The van der Waals surface area contributed by atoms with Crippen LogP contribution in [0.1, 0.15) is 27.2 Å². The lowest BCUT2D eigenvalue weighted by atomic mass is 10.3. The zero-order chi connectivity index (χ0) is 23.7. The Balaban J connectivity index is 2.02. The van der Waals surface area contributed by atoms with Crippen molar-refractivity contribution in [1.82, 2.24) is 9.29 Å². The standard InChI is InChI=1S/C20H25N3O6S3/c1-5-10-23-17-8-6-15(12-19(17)30-20(23)24)32(27,28)22-16-11-14(7-9-18(16)29-4)31(25,26)21-13(2)3/h6-9,11-13,21-22H,5,10H2,1-4H3. The van der Waals surface area contributed by atoms with Gasteiger partial charge in [-0.15, -0.1) is 0 Å². The SMILES string of the molecule is CCCn1c(=O)sc2cc(S(=O)(=O)Nc3cc(S(=O)(=O)NC(C)C)ccc3OC)ccc21. The van der Waals surface area contributed by atoms with Gasteiger partial charge in [0, 0.05) is 12.6 Å². The number of hydrogen-bond acceptors (Lipinski definition) is 7. The summed E-state index contributed by atoms with van der Waals surface area (Å²) in [5, 5.41) is 0. The van der Waals surface area contributed by atoms with Crippen molar-refractivity contribution in [3.8, 4) is 5.75 Å². The summed E-state index contributed by atoms with van der Waals surface area (Å²) in [5.41, 5.74) is 0.655. The Labute approximate surface area is 191 Å². The number of methoxy groups -OCH3 is 1. The number of rotatable bonds is 9. The summed E-state index contributed by atoms with van der Waals surface area (Å²) < 4.78 is 63.4. The summed E-state index contributed by atoms with van der Waals surface area (Å²) in [4.78, 5) is 11.9. The molecule has 32 heavy (non-hydrogen) atoms. The molecule has 3 aromatic rings. The van der Waals surface area contributed by atoms with Crippen molar-refractivity contribution < 1.29 is 21.6 Å². The molecule has 0 radical (unpaired) electrons. The van der Waals surface area contributed by atoms with Crippen LogP contribution in [-0.2, 0) is 26.6 Å². The first-order chi connectivity index (χ1) is 15.0. The van der Waals surface area contributed by atoms with Gasteiger partial charge < -0.3 is 4.74 Å². The summed E-state index contributed by atoms with van der Waals surface area (Å²) in [7, 11) is -6.57. The van der Waals surface area contributed by atoms with Gasteiger partial charge in [0.05, 0.1) is 32.8 Å². The quantitative estimate of drug-likeness (QED) is 0.467. The Hall–Kier alpha value is -2.41. The zero-order valence-electron chi connectivity index (χ0n) is 18.1. The predicted molar refractivity (Wildman–Crippen MR) is 126 cm³/mol. The lowest BCUT2D eigenvalue weighted by Crippen LogP contribution is -2.30. The van der Waals surface area contributed by atoms with E-state index >= 15 is 0 Å². The molecule has 2 N–H and O–H groups in total. The number of hydrogen-bond donors (Lipinski definition) is 2. The van der Waals surface area contributed by atoms with Crippen molar-refractivity contribution in [3.05, 3.63) is 46.1 Å². The minimum absolute atomic E-state index is 0.0176. The first kappa shape index (κ1) is 24.2. The Morgan fingerprint density at radius 2 is 1.69 bits per heavy atom. The third-order valence-corrected chi connectivity index (χ3v) is 8.47. The fourth-order valence-electron chi connectivity index (χ4n) is 3.17. The van der Waals surface area contributed by atoms with Crippen molar-refractivity contribution in [2.24, 2.45) is 0 Å². The highest BCUT2D eigenvalue weighted by molar-refractivity contribution is 7.92. The molecule has 0 amide bonds. The molecule has 3 rings (SSSR count). The summed E-state index contributed by atoms with van der Waals surface area (Å²) in [6, 6.07) is 8.03. The van der Waals surface area contributed by atoms with Crippen molar-refractivity contribution in [2.75, 3.05) is 11.8 Å². The van der Waals surface area contributed by atoms with E-state index in [2.05, 4.69) is 9.44 Å². The normalized spacial score (nSPS) is 12.4. The van der Waals surface area contributed by atoms with Crippen molar-refractivity contribution in [2.45, 2.75) is 49.6 Å². The molecule has 12 heteroatoms. The lowest BCUT2D eigenvalue weighted by molar-refractivity contribution is 0.416. The Morgan fingerprint density at radius 1 is 1.03 bits per heavy atom. The number of ether oxygens (including phenoxy) is 1. The van der Waals surface area contributed by atoms with E-state index in [0.29, 0.717) is 16.8 Å². The second-order valence-corrected chi connectivity index (χ2v) is 11.8. The minimum Gasteiger partial charge on any atom is -0.495 e. The van der Waals surface area contributed by atoms with Gasteiger partial charge in [-0.25, -0.2) is 21.6 Å². The molecule has 1 aromatic heterocycles. The van der Waals surface area contributed by atoms with Crippen LogP contribution in [0.25, 0.3) is 10.2 Å². The van der Waals surface area contributed by atoms with Gasteiger partial charge in [-0.2, -0.15) is 0 Å². The molecule has 0 aliphatic rings. The molecule has 0 saturated carbocycles. The highest BCUT2D eigenvalue weighted by Gasteiger charge is 2.22. The lowest BCUT2D eigenvalue weighted by Gasteiger charge is -2.15. The van der Waals surface area contributed by atoms with Gasteiger partial charge in [0.2, 0.25) is 10.0 Å². The van der Waals surface area contributed by atoms with Crippen LogP contribution in [0.4, 0.5) is 5.69 Å². The van der Waals surface area contributed by atoms with Gasteiger partial charge in [-0.3, -0.25) is 14.1 Å². The minimum atomic E-state index is -4.09.